The van der Waals surface area contributed by atoms with Gasteiger partial charge < -0.3 is 0 Å². The van der Waals surface area contributed by atoms with Gasteiger partial charge in [-0.05, 0) is 46.2 Å². The summed E-state index contributed by atoms with van der Waals surface area (Å²) in [7, 11) is 0. The third-order valence-electron chi connectivity index (χ3n) is 3.30. The van der Waals surface area contributed by atoms with Gasteiger partial charge in [0.05, 0.1) is 2.88 Å². The lowest BCUT2D eigenvalue weighted by Crippen LogP contribution is -1.99. The Morgan fingerprint density at radius 2 is 1.57 bits per heavy atom. The summed E-state index contributed by atoms with van der Waals surface area (Å²) in [5.41, 5.74) is 4.03. The predicted molar refractivity (Wildman–Crippen MR) is 96.2 cm³/mol. The van der Waals surface area contributed by atoms with Crippen LogP contribution in [0.1, 0.15) is 27.0 Å². The second kappa shape index (κ2) is 6.54. The summed E-state index contributed by atoms with van der Waals surface area (Å²) < 4.78 is 1.14. The number of rotatable bonds is 4. The molecule has 0 saturated heterocycles. The van der Waals surface area contributed by atoms with Crippen molar-refractivity contribution in [2.45, 2.75) is 6.42 Å². The van der Waals surface area contributed by atoms with Crippen LogP contribution in [0, 0.1) is 2.88 Å². The molecule has 0 bridgehead atoms. The van der Waals surface area contributed by atoms with Gasteiger partial charge >= 0.3 is 0 Å². The standard InChI is InChI=1S/C18H13IOS/c19-17-11-16(12-21-17)18(20)15-8-6-14(7-9-15)10-13-4-2-1-3-5-13/h1-9,11-12H,10H2. The van der Waals surface area contributed by atoms with Gasteiger partial charge in [0.2, 0.25) is 0 Å². The van der Waals surface area contributed by atoms with Crippen molar-refractivity contribution in [1.82, 2.24) is 0 Å². The topological polar surface area (TPSA) is 17.1 Å². The van der Waals surface area contributed by atoms with Crippen LogP contribution < -0.4 is 0 Å². The van der Waals surface area contributed by atoms with E-state index in [1.165, 1.54) is 11.1 Å². The van der Waals surface area contributed by atoms with Crippen LogP contribution in [0.15, 0.2) is 66.0 Å². The van der Waals surface area contributed by atoms with Crippen molar-refractivity contribution in [2.24, 2.45) is 0 Å². The zero-order valence-corrected chi connectivity index (χ0v) is 14.2. The van der Waals surface area contributed by atoms with E-state index in [4.69, 9.17) is 0 Å². The van der Waals surface area contributed by atoms with Gasteiger partial charge in [-0.1, -0.05) is 54.6 Å². The quantitative estimate of drug-likeness (QED) is 0.433. The summed E-state index contributed by atoms with van der Waals surface area (Å²) >= 11 is 3.84. The summed E-state index contributed by atoms with van der Waals surface area (Å²) in [5.74, 6) is 0.0976. The fourth-order valence-electron chi connectivity index (χ4n) is 2.20. The molecule has 0 N–H and O–H groups in total. The van der Waals surface area contributed by atoms with Crippen molar-refractivity contribution in [2.75, 3.05) is 0 Å². The van der Waals surface area contributed by atoms with Crippen LogP contribution in [0.4, 0.5) is 0 Å². The van der Waals surface area contributed by atoms with Crippen molar-refractivity contribution in [3.63, 3.8) is 0 Å². The van der Waals surface area contributed by atoms with Gasteiger partial charge in [-0.3, -0.25) is 4.79 Å². The molecule has 0 fully saturated rings. The maximum absolute atomic E-state index is 12.3. The Balaban J connectivity index is 1.76. The van der Waals surface area contributed by atoms with Crippen LogP contribution in [-0.4, -0.2) is 5.78 Å². The van der Waals surface area contributed by atoms with Crippen molar-refractivity contribution >= 4 is 39.7 Å². The van der Waals surface area contributed by atoms with E-state index in [0.29, 0.717) is 0 Å². The molecule has 1 aromatic heterocycles. The van der Waals surface area contributed by atoms with Crippen molar-refractivity contribution < 1.29 is 4.79 Å². The van der Waals surface area contributed by atoms with E-state index in [-0.39, 0.29) is 5.78 Å². The van der Waals surface area contributed by atoms with Gasteiger partial charge in [0.1, 0.15) is 0 Å². The molecule has 104 valence electrons. The molecule has 0 atom stereocenters. The second-order valence-electron chi connectivity index (χ2n) is 4.83. The summed E-state index contributed by atoms with van der Waals surface area (Å²) in [4.78, 5) is 12.3. The average molecular weight is 404 g/mol. The van der Waals surface area contributed by atoms with Crippen molar-refractivity contribution in [3.8, 4) is 0 Å². The summed E-state index contributed by atoms with van der Waals surface area (Å²) in [5, 5.41) is 1.92. The molecular weight excluding hydrogens is 391 g/mol. The molecular formula is C18H13IOS. The Morgan fingerprint density at radius 1 is 0.905 bits per heavy atom. The Labute approximate surface area is 141 Å². The Hall–Kier alpha value is -1.46. The van der Waals surface area contributed by atoms with Crippen LogP contribution in [0.5, 0.6) is 0 Å². The van der Waals surface area contributed by atoms with Crippen molar-refractivity contribution in [1.29, 1.82) is 0 Å². The highest BCUT2D eigenvalue weighted by Gasteiger charge is 2.10. The Morgan fingerprint density at radius 3 is 2.19 bits per heavy atom. The highest BCUT2D eigenvalue weighted by Crippen LogP contribution is 2.20. The minimum Gasteiger partial charge on any atom is -0.289 e. The molecule has 0 spiro atoms. The van der Waals surface area contributed by atoms with Gasteiger partial charge in [0.15, 0.2) is 5.78 Å². The normalized spacial score (nSPS) is 10.5. The van der Waals surface area contributed by atoms with Gasteiger partial charge in [-0.2, -0.15) is 0 Å². The number of halogens is 1. The molecule has 3 rings (SSSR count). The lowest BCUT2D eigenvalue weighted by atomic mass is 10.0. The fourth-order valence-corrected chi connectivity index (χ4v) is 3.53. The maximum atomic E-state index is 12.3. The van der Waals surface area contributed by atoms with Crippen LogP contribution in [0.2, 0.25) is 0 Å². The third kappa shape index (κ3) is 3.60. The van der Waals surface area contributed by atoms with Crippen LogP contribution in [-0.2, 0) is 6.42 Å². The number of hydrogen-bond acceptors (Lipinski definition) is 2. The maximum Gasteiger partial charge on any atom is 0.193 e. The number of hydrogen-bond donors (Lipinski definition) is 0. The second-order valence-corrected chi connectivity index (χ2v) is 7.63. The Kier molecular flexibility index (Phi) is 4.51. The van der Waals surface area contributed by atoms with Gasteiger partial charge in [-0.25, -0.2) is 0 Å². The molecule has 21 heavy (non-hydrogen) atoms. The number of carbonyl (C=O) groups excluding carboxylic acids is 1. The zero-order chi connectivity index (χ0) is 14.7. The van der Waals surface area contributed by atoms with E-state index in [9.17, 15) is 4.79 Å². The largest absolute Gasteiger partial charge is 0.289 e. The van der Waals surface area contributed by atoms with E-state index < -0.39 is 0 Å². The highest BCUT2D eigenvalue weighted by atomic mass is 127. The van der Waals surface area contributed by atoms with Gasteiger partial charge in [-0.15, -0.1) is 11.3 Å². The van der Waals surface area contributed by atoms with Crippen molar-refractivity contribution in [3.05, 3.63) is 91.2 Å². The number of benzene rings is 2. The van der Waals surface area contributed by atoms with E-state index in [1.807, 2.05) is 53.9 Å². The summed E-state index contributed by atoms with van der Waals surface area (Å²) in [6, 6.07) is 20.2. The summed E-state index contributed by atoms with van der Waals surface area (Å²) in [6.07, 6.45) is 0.895. The van der Waals surface area contributed by atoms with E-state index >= 15 is 0 Å². The molecule has 0 aliphatic heterocycles. The molecule has 0 aliphatic rings. The predicted octanol–water partition coefficient (Wildman–Crippen LogP) is 5.17. The number of thiophene rings is 1. The monoisotopic (exact) mass is 404 g/mol. The van der Waals surface area contributed by atoms with Gasteiger partial charge in [0.25, 0.3) is 0 Å². The first-order valence-corrected chi connectivity index (χ1v) is 8.60. The Bertz CT molecular complexity index is 744. The first kappa shape index (κ1) is 14.5. The van der Waals surface area contributed by atoms with E-state index in [2.05, 4.69) is 34.7 Å². The van der Waals surface area contributed by atoms with Crippen LogP contribution in [0.3, 0.4) is 0 Å². The molecule has 0 radical (unpaired) electrons. The number of ketones is 1. The lowest BCUT2D eigenvalue weighted by Gasteiger charge is -2.03. The molecule has 1 nitrogen and oxygen atoms in total. The van der Waals surface area contributed by atoms with E-state index in [1.54, 1.807) is 11.3 Å². The third-order valence-corrected chi connectivity index (χ3v) is 5.09. The first-order chi connectivity index (χ1) is 10.2. The molecule has 3 aromatic rings. The smallest absolute Gasteiger partial charge is 0.193 e. The molecule has 3 heteroatoms. The zero-order valence-electron chi connectivity index (χ0n) is 11.3. The minimum absolute atomic E-state index is 0.0976. The average Bonchev–Trinajstić information content (AvgIpc) is 2.95. The SMILES string of the molecule is O=C(c1ccc(Cc2ccccc2)cc1)c1csc(I)c1. The summed E-state index contributed by atoms with van der Waals surface area (Å²) in [6.45, 7) is 0. The fraction of sp³-hybridized carbons (Fsp3) is 0.0556. The highest BCUT2D eigenvalue weighted by molar-refractivity contribution is 14.1. The van der Waals surface area contributed by atoms with Crippen LogP contribution in [0.25, 0.3) is 0 Å². The van der Waals surface area contributed by atoms with E-state index in [0.717, 1.165) is 20.4 Å². The lowest BCUT2D eigenvalue weighted by molar-refractivity contribution is 0.103. The van der Waals surface area contributed by atoms with Crippen LogP contribution >= 0.6 is 33.9 Å². The molecule has 1 heterocycles. The molecule has 0 amide bonds. The molecule has 0 unspecified atom stereocenters. The number of carbonyl (C=O) groups is 1. The molecule has 2 aromatic carbocycles. The van der Waals surface area contributed by atoms with Gasteiger partial charge in [0, 0.05) is 16.5 Å². The molecule has 0 aliphatic carbocycles. The minimum atomic E-state index is 0.0976. The molecule has 0 saturated carbocycles. The first-order valence-electron chi connectivity index (χ1n) is 6.64.